The Bertz CT molecular complexity index is 214. The molecule has 0 aliphatic carbocycles. The summed E-state index contributed by atoms with van der Waals surface area (Å²) in [5, 5.41) is 12.7. The van der Waals surface area contributed by atoms with Crippen molar-refractivity contribution in [1.82, 2.24) is 10.3 Å². The molecular weight excluding hydrogens is 128 g/mol. The van der Waals surface area contributed by atoms with E-state index in [1.807, 2.05) is 18.3 Å². The number of nitrogens with one attached hydrogen (secondary N) is 2. The fraction of sp³-hybridized carbons (Fsp3) is 0.429. The van der Waals surface area contributed by atoms with Crippen LogP contribution in [0.1, 0.15) is 5.69 Å². The van der Waals surface area contributed by atoms with Crippen LogP contribution in [0.2, 0.25) is 0 Å². The van der Waals surface area contributed by atoms with Gasteiger partial charge in [-0.1, -0.05) is 0 Å². The molecule has 0 aromatic carbocycles. The largest absolute Gasteiger partial charge is 0.381 e. The minimum Gasteiger partial charge on any atom is -0.381 e. The molecule has 0 atom stereocenters. The minimum absolute atomic E-state index is 0.622. The van der Waals surface area contributed by atoms with Crippen LogP contribution in [0.25, 0.3) is 0 Å². The molecule has 1 saturated heterocycles. The normalized spacial score (nSPS) is 22.1. The van der Waals surface area contributed by atoms with E-state index in [1.165, 1.54) is 0 Å². The van der Waals surface area contributed by atoms with Crippen molar-refractivity contribution in [3.05, 3.63) is 24.0 Å². The highest BCUT2D eigenvalue weighted by atomic mass is 16.3. The Kier molecular flexibility index (Phi) is 1.09. The van der Waals surface area contributed by atoms with Crippen LogP contribution < -0.4 is 5.32 Å². The van der Waals surface area contributed by atoms with E-state index in [0.29, 0.717) is 13.1 Å². The summed E-state index contributed by atoms with van der Waals surface area (Å²) < 4.78 is 0. The Labute approximate surface area is 59.1 Å². The highest BCUT2D eigenvalue weighted by Crippen LogP contribution is 2.22. The zero-order chi connectivity index (χ0) is 7.03. The molecule has 1 aromatic rings. The van der Waals surface area contributed by atoms with E-state index in [0.717, 1.165) is 5.69 Å². The van der Waals surface area contributed by atoms with Gasteiger partial charge in [0.1, 0.15) is 5.60 Å². The summed E-state index contributed by atoms with van der Waals surface area (Å²) in [6, 6.07) is 3.80. The lowest BCUT2D eigenvalue weighted by Gasteiger charge is -2.36. The van der Waals surface area contributed by atoms with Gasteiger partial charge in [0.15, 0.2) is 0 Å². The maximum absolute atomic E-state index is 9.68. The maximum Gasteiger partial charge on any atom is 0.129 e. The van der Waals surface area contributed by atoms with Crippen LogP contribution in [0.4, 0.5) is 0 Å². The third-order valence-corrected chi connectivity index (χ3v) is 1.93. The highest BCUT2D eigenvalue weighted by Gasteiger charge is 2.36. The molecule has 0 bridgehead atoms. The van der Waals surface area contributed by atoms with E-state index in [1.54, 1.807) is 0 Å². The second-order valence-corrected chi connectivity index (χ2v) is 2.72. The van der Waals surface area contributed by atoms with Gasteiger partial charge in [0.25, 0.3) is 0 Å². The number of aromatic nitrogens is 1. The first-order chi connectivity index (χ1) is 4.81. The Morgan fingerprint density at radius 1 is 1.50 bits per heavy atom. The van der Waals surface area contributed by atoms with Crippen molar-refractivity contribution in [3.63, 3.8) is 0 Å². The minimum atomic E-state index is -0.622. The molecule has 0 amide bonds. The van der Waals surface area contributed by atoms with Gasteiger partial charge in [-0.2, -0.15) is 0 Å². The van der Waals surface area contributed by atoms with Crippen molar-refractivity contribution in [1.29, 1.82) is 0 Å². The van der Waals surface area contributed by atoms with Crippen LogP contribution in [0.15, 0.2) is 18.3 Å². The molecule has 3 nitrogen and oxygen atoms in total. The van der Waals surface area contributed by atoms with E-state index in [9.17, 15) is 5.11 Å². The van der Waals surface area contributed by atoms with Crippen LogP contribution in [0.5, 0.6) is 0 Å². The van der Waals surface area contributed by atoms with Crippen LogP contribution in [-0.4, -0.2) is 23.2 Å². The highest BCUT2D eigenvalue weighted by molar-refractivity contribution is 5.18. The lowest BCUT2D eigenvalue weighted by molar-refractivity contribution is -0.0181. The van der Waals surface area contributed by atoms with Crippen molar-refractivity contribution in [2.45, 2.75) is 5.60 Å². The second kappa shape index (κ2) is 1.84. The predicted molar refractivity (Wildman–Crippen MR) is 37.6 cm³/mol. The molecule has 0 saturated carbocycles. The summed E-state index contributed by atoms with van der Waals surface area (Å²) >= 11 is 0. The standard InChI is InChI=1S/C7H10N2O/c10-7(4-8-5-7)6-2-1-3-9-6/h1-3,8-10H,4-5H2. The summed E-state index contributed by atoms with van der Waals surface area (Å²) in [5.41, 5.74) is 0.287. The Balaban J connectivity index is 2.27. The van der Waals surface area contributed by atoms with Crippen molar-refractivity contribution < 1.29 is 5.11 Å². The zero-order valence-electron chi connectivity index (χ0n) is 5.59. The molecule has 1 fully saturated rings. The molecule has 3 N–H and O–H groups in total. The number of rotatable bonds is 1. The number of aliphatic hydroxyl groups is 1. The fourth-order valence-electron chi connectivity index (χ4n) is 1.17. The molecule has 1 aliphatic rings. The van der Waals surface area contributed by atoms with Gasteiger partial charge in [-0.05, 0) is 12.1 Å². The van der Waals surface area contributed by atoms with Crippen molar-refractivity contribution in [2.75, 3.05) is 13.1 Å². The summed E-state index contributed by atoms with van der Waals surface area (Å²) in [6.07, 6.45) is 1.83. The van der Waals surface area contributed by atoms with Gasteiger partial charge in [0.05, 0.1) is 0 Å². The average Bonchev–Trinajstić information content (AvgIpc) is 2.33. The Hall–Kier alpha value is -0.800. The number of hydrogen-bond acceptors (Lipinski definition) is 2. The van der Waals surface area contributed by atoms with Crippen LogP contribution in [0, 0.1) is 0 Å². The molecule has 0 radical (unpaired) electrons. The molecule has 0 unspecified atom stereocenters. The molecule has 0 spiro atoms. The van der Waals surface area contributed by atoms with Gasteiger partial charge in [-0.15, -0.1) is 0 Å². The number of H-pyrrole nitrogens is 1. The quantitative estimate of drug-likeness (QED) is 0.503. The Morgan fingerprint density at radius 2 is 2.30 bits per heavy atom. The van der Waals surface area contributed by atoms with Crippen LogP contribution in [0.3, 0.4) is 0 Å². The topological polar surface area (TPSA) is 48.0 Å². The van der Waals surface area contributed by atoms with Crippen LogP contribution in [-0.2, 0) is 5.60 Å². The first-order valence-electron chi connectivity index (χ1n) is 3.38. The summed E-state index contributed by atoms with van der Waals surface area (Å²) in [5.74, 6) is 0. The number of hydrogen-bond donors (Lipinski definition) is 3. The molecule has 2 rings (SSSR count). The van der Waals surface area contributed by atoms with Gasteiger partial charge < -0.3 is 15.4 Å². The molecule has 1 aliphatic heterocycles. The van der Waals surface area contributed by atoms with Crippen molar-refractivity contribution in [3.8, 4) is 0 Å². The third-order valence-electron chi connectivity index (χ3n) is 1.93. The molecule has 2 heterocycles. The summed E-state index contributed by atoms with van der Waals surface area (Å²) in [6.45, 7) is 1.32. The fourth-order valence-corrected chi connectivity index (χ4v) is 1.17. The average molecular weight is 138 g/mol. The summed E-state index contributed by atoms with van der Waals surface area (Å²) in [4.78, 5) is 2.99. The second-order valence-electron chi connectivity index (χ2n) is 2.72. The van der Waals surface area contributed by atoms with E-state index < -0.39 is 5.60 Å². The SMILES string of the molecule is OC1(c2ccc[nH]2)CNC1. The monoisotopic (exact) mass is 138 g/mol. The molecule has 3 heteroatoms. The molecule has 1 aromatic heterocycles. The molecule has 10 heavy (non-hydrogen) atoms. The smallest absolute Gasteiger partial charge is 0.129 e. The first-order valence-corrected chi connectivity index (χ1v) is 3.38. The lowest BCUT2D eigenvalue weighted by atomic mass is 9.93. The zero-order valence-corrected chi connectivity index (χ0v) is 5.59. The van der Waals surface area contributed by atoms with E-state index >= 15 is 0 Å². The van der Waals surface area contributed by atoms with Crippen molar-refractivity contribution in [2.24, 2.45) is 0 Å². The van der Waals surface area contributed by atoms with Gasteiger partial charge >= 0.3 is 0 Å². The predicted octanol–water partition coefficient (Wildman–Crippen LogP) is -0.195. The summed E-state index contributed by atoms with van der Waals surface area (Å²) in [7, 11) is 0. The maximum atomic E-state index is 9.68. The van der Waals surface area contributed by atoms with Gasteiger partial charge in [0, 0.05) is 25.0 Å². The van der Waals surface area contributed by atoms with E-state index in [4.69, 9.17) is 0 Å². The van der Waals surface area contributed by atoms with E-state index in [2.05, 4.69) is 10.3 Å². The van der Waals surface area contributed by atoms with Gasteiger partial charge in [0.2, 0.25) is 0 Å². The van der Waals surface area contributed by atoms with Gasteiger partial charge in [-0.25, -0.2) is 0 Å². The first kappa shape index (κ1) is 5.95. The Morgan fingerprint density at radius 3 is 2.70 bits per heavy atom. The van der Waals surface area contributed by atoms with Crippen LogP contribution >= 0.6 is 0 Å². The third kappa shape index (κ3) is 0.678. The van der Waals surface area contributed by atoms with Gasteiger partial charge in [-0.3, -0.25) is 0 Å². The van der Waals surface area contributed by atoms with Crippen molar-refractivity contribution >= 4 is 0 Å². The van der Waals surface area contributed by atoms with E-state index in [-0.39, 0.29) is 0 Å². The number of β-amino-alcohol motifs (C(OH)–C–C–N with tert-alkyl or cyclic N) is 1. The number of aromatic amines is 1. The molecule has 54 valence electrons. The molecular formula is C7H10N2O. The lowest BCUT2D eigenvalue weighted by Crippen LogP contribution is -2.56.